The Kier molecular flexibility index (Phi) is 6.56. The van der Waals surface area contributed by atoms with Crippen LogP contribution in [0.15, 0.2) is 65.1 Å². The Labute approximate surface area is 183 Å². The Morgan fingerprint density at radius 2 is 1.90 bits per heavy atom. The molecule has 0 aliphatic carbocycles. The van der Waals surface area contributed by atoms with E-state index in [1.165, 1.54) is 0 Å². The number of hydrogen-bond donors (Lipinski definition) is 2. The number of carbonyl (C=O) groups excluding carboxylic acids is 1. The number of anilines is 1. The zero-order valence-electron chi connectivity index (χ0n) is 16.5. The van der Waals surface area contributed by atoms with Crippen LogP contribution in [0.5, 0.6) is 0 Å². The van der Waals surface area contributed by atoms with Gasteiger partial charge in [-0.15, -0.1) is 23.1 Å². The number of amides is 1. The lowest BCUT2D eigenvalue weighted by Crippen LogP contribution is -2.29. The van der Waals surface area contributed by atoms with Crippen molar-refractivity contribution >= 4 is 45.7 Å². The summed E-state index contributed by atoms with van der Waals surface area (Å²) in [5.74, 6) is 1.43. The fourth-order valence-electron chi connectivity index (χ4n) is 3.00. The minimum absolute atomic E-state index is 0.0816. The number of benzene rings is 2. The van der Waals surface area contributed by atoms with Gasteiger partial charge in [0, 0.05) is 34.5 Å². The Morgan fingerprint density at radius 3 is 2.77 bits per heavy atom. The second kappa shape index (κ2) is 9.69. The molecular formula is C22H21N5OS2. The van der Waals surface area contributed by atoms with Gasteiger partial charge in [-0.1, -0.05) is 24.3 Å². The molecule has 1 amide bonds. The average molecular weight is 436 g/mol. The average Bonchev–Trinajstić information content (AvgIpc) is 3.20. The molecule has 0 aliphatic rings. The van der Waals surface area contributed by atoms with Gasteiger partial charge >= 0.3 is 0 Å². The predicted octanol–water partition coefficient (Wildman–Crippen LogP) is 4.53. The number of carbonyl (C=O) groups is 1. The zero-order chi connectivity index (χ0) is 20.8. The summed E-state index contributed by atoms with van der Waals surface area (Å²) in [7, 11) is 0. The molecule has 4 rings (SSSR count). The van der Waals surface area contributed by atoms with Crippen LogP contribution in [-0.4, -0.2) is 33.9 Å². The zero-order valence-corrected chi connectivity index (χ0v) is 18.1. The van der Waals surface area contributed by atoms with E-state index in [0.717, 1.165) is 38.1 Å². The standard InChI is InChI=1S/C22H21N5OS2/c1-15-27-16(12-29-15)13-30-20-9-5-3-7-18(20)22(28)24-11-10-23-21-17-6-2-4-8-19(17)25-14-26-21/h2-9,12,14H,10-11,13H2,1H3,(H,24,28)(H,23,25,26). The summed E-state index contributed by atoms with van der Waals surface area (Å²) >= 11 is 3.27. The van der Waals surface area contributed by atoms with Crippen molar-refractivity contribution in [3.05, 3.63) is 76.5 Å². The van der Waals surface area contributed by atoms with E-state index in [4.69, 9.17) is 0 Å². The van der Waals surface area contributed by atoms with Crippen molar-refractivity contribution in [2.75, 3.05) is 18.4 Å². The van der Waals surface area contributed by atoms with Gasteiger partial charge in [0.1, 0.15) is 12.1 Å². The summed E-state index contributed by atoms with van der Waals surface area (Å²) in [6.45, 7) is 3.06. The first-order valence-electron chi connectivity index (χ1n) is 9.55. The number of nitrogens with zero attached hydrogens (tertiary/aromatic N) is 3. The topological polar surface area (TPSA) is 79.8 Å². The molecule has 2 aromatic carbocycles. The maximum atomic E-state index is 12.7. The highest BCUT2D eigenvalue weighted by Crippen LogP contribution is 2.26. The van der Waals surface area contributed by atoms with Crippen LogP contribution in [0.3, 0.4) is 0 Å². The summed E-state index contributed by atoms with van der Waals surface area (Å²) in [6.07, 6.45) is 1.54. The van der Waals surface area contributed by atoms with Crippen LogP contribution < -0.4 is 10.6 Å². The molecule has 4 aromatic rings. The van der Waals surface area contributed by atoms with E-state index in [9.17, 15) is 4.79 Å². The van der Waals surface area contributed by atoms with Gasteiger partial charge in [-0.05, 0) is 31.2 Å². The fraction of sp³-hybridized carbons (Fsp3) is 0.182. The number of aryl methyl sites for hydroxylation is 1. The third-order valence-electron chi connectivity index (χ3n) is 4.42. The fourth-order valence-corrected chi connectivity index (χ4v) is 4.66. The van der Waals surface area contributed by atoms with Crippen molar-refractivity contribution < 1.29 is 4.79 Å². The number of para-hydroxylation sites is 1. The molecule has 2 aromatic heterocycles. The van der Waals surface area contributed by atoms with Gasteiger partial charge in [-0.2, -0.15) is 0 Å². The lowest BCUT2D eigenvalue weighted by atomic mass is 10.2. The van der Waals surface area contributed by atoms with Crippen LogP contribution in [0.2, 0.25) is 0 Å². The van der Waals surface area contributed by atoms with E-state index < -0.39 is 0 Å². The summed E-state index contributed by atoms with van der Waals surface area (Å²) in [4.78, 5) is 26.7. The molecule has 2 heterocycles. The first kappa shape index (κ1) is 20.3. The second-order valence-electron chi connectivity index (χ2n) is 6.56. The second-order valence-corrected chi connectivity index (χ2v) is 8.64. The molecule has 0 bridgehead atoms. The molecule has 6 nitrogen and oxygen atoms in total. The van der Waals surface area contributed by atoms with Crippen LogP contribution >= 0.6 is 23.1 Å². The van der Waals surface area contributed by atoms with Crippen molar-refractivity contribution in [1.82, 2.24) is 20.3 Å². The van der Waals surface area contributed by atoms with Crippen LogP contribution in [-0.2, 0) is 5.75 Å². The number of nitrogens with one attached hydrogen (secondary N) is 2. The third kappa shape index (κ3) is 4.95. The highest BCUT2D eigenvalue weighted by Gasteiger charge is 2.12. The van der Waals surface area contributed by atoms with Gasteiger partial charge < -0.3 is 10.6 Å². The minimum Gasteiger partial charge on any atom is -0.368 e. The molecule has 0 atom stereocenters. The number of thiazole rings is 1. The minimum atomic E-state index is -0.0816. The number of fused-ring (bicyclic) bond motifs is 1. The number of rotatable bonds is 8. The molecule has 0 radical (unpaired) electrons. The smallest absolute Gasteiger partial charge is 0.252 e. The van der Waals surface area contributed by atoms with E-state index in [-0.39, 0.29) is 5.91 Å². The Bertz CT molecular complexity index is 1160. The summed E-state index contributed by atoms with van der Waals surface area (Å²) in [5, 5.41) is 10.4. The maximum Gasteiger partial charge on any atom is 0.252 e. The van der Waals surface area contributed by atoms with Crippen molar-refractivity contribution in [1.29, 1.82) is 0 Å². The van der Waals surface area contributed by atoms with Crippen molar-refractivity contribution in [2.45, 2.75) is 17.6 Å². The normalized spacial score (nSPS) is 10.8. The van der Waals surface area contributed by atoms with Crippen molar-refractivity contribution in [3.63, 3.8) is 0 Å². The summed E-state index contributed by atoms with van der Waals surface area (Å²) in [5.41, 5.74) is 2.61. The molecule has 0 unspecified atom stereocenters. The Morgan fingerprint density at radius 1 is 1.07 bits per heavy atom. The lowest BCUT2D eigenvalue weighted by molar-refractivity contribution is 0.0952. The van der Waals surface area contributed by atoms with Crippen LogP contribution in [0.4, 0.5) is 5.82 Å². The van der Waals surface area contributed by atoms with Crippen molar-refractivity contribution in [3.8, 4) is 0 Å². The molecule has 30 heavy (non-hydrogen) atoms. The van der Waals surface area contributed by atoms with Gasteiger partial charge in [0.15, 0.2) is 0 Å². The van der Waals surface area contributed by atoms with Crippen molar-refractivity contribution in [2.24, 2.45) is 0 Å². The van der Waals surface area contributed by atoms with Gasteiger partial charge in [0.25, 0.3) is 5.91 Å². The van der Waals surface area contributed by atoms with Crippen LogP contribution in [0.1, 0.15) is 21.1 Å². The number of aromatic nitrogens is 3. The molecule has 2 N–H and O–H groups in total. The molecule has 152 valence electrons. The Balaban J connectivity index is 1.33. The highest BCUT2D eigenvalue weighted by molar-refractivity contribution is 7.98. The molecule has 0 spiro atoms. The molecule has 0 saturated carbocycles. The molecular weight excluding hydrogens is 414 g/mol. The first-order valence-corrected chi connectivity index (χ1v) is 11.4. The summed E-state index contributed by atoms with van der Waals surface area (Å²) < 4.78 is 0. The quantitative estimate of drug-likeness (QED) is 0.313. The number of hydrogen-bond acceptors (Lipinski definition) is 7. The van der Waals surface area contributed by atoms with Gasteiger partial charge in [-0.3, -0.25) is 4.79 Å². The monoisotopic (exact) mass is 435 g/mol. The van der Waals surface area contributed by atoms with Crippen LogP contribution in [0, 0.1) is 6.92 Å². The third-order valence-corrected chi connectivity index (χ3v) is 6.35. The van der Waals surface area contributed by atoms with Gasteiger partial charge in [0.2, 0.25) is 0 Å². The van der Waals surface area contributed by atoms with E-state index >= 15 is 0 Å². The maximum absolute atomic E-state index is 12.7. The molecule has 0 saturated heterocycles. The SMILES string of the molecule is Cc1nc(CSc2ccccc2C(=O)NCCNc2ncnc3ccccc23)cs1. The lowest BCUT2D eigenvalue weighted by Gasteiger charge is -2.11. The van der Waals surface area contributed by atoms with Crippen LogP contribution in [0.25, 0.3) is 10.9 Å². The highest BCUT2D eigenvalue weighted by atomic mass is 32.2. The summed E-state index contributed by atoms with van der Waals surface area (Å²) in [6, 6.07) is 15.5. The first-order chi connectivity index (χ1) is 14.7. The van der Waals surface area contributed by atoms with E-state index in [0.29, 0.717) is 18.7 Å². The number of thioether (sulfide) groups is 1. The predicted molar refractivity (Wildman–Crippen MR) is 123 cm³/mol. The molecule has 8 heteroatoms. The molecule has 0 fully saturated rings. The molecule has 0 aliphatic heterocycles. The van der Waals surface area contributed by atoms with E-state index in [2.05, 4.69) is 31.0 Å². The van der Waals surface area contributed by atoms with Gasteiger partial charge in [0.05, 0.1) is 21.8 Å². The van der Waals surface area contributed by atoms with E-state index in [1.54, 1.807) is 29.4 Å². The van der Waals surface area contributed by atoms with Gasteiger partial charge in [-0.25, -0.2) is 15.0 Å². The largest absolute Gasteiger partial charge is 0.368 e. The van der Waals surface area contributed by atoms with E-state index in [1.807, 2.05) is 55.5 Å². The Hall–Kier alpha value is -2.97.